The van der Waals surface area contributed by atoms with Crippen molar-refractivity contribution in [2.24, 2.45) is 0 Å². The standard InChI is InChI=1S/C32H34N4O6S.C3H6/c1-19-8-7-9-23-14-15-35(18-26(19)23)32(40)30(42-22(4)38)29(41-21(3)37)31(39)33-16-24-12-13-25(43-24)17-36-20(2)34-27-10-5-6-11-28(27)36;1-3-2/h5-13,29-30H,14-18H2,1-4H3,(H,33,39);3H,1H2,2H3/t29-,30-;/m1./s1. The summed E-state index contributed by atoms with van der Waals surface area (Å²) in [4.78, 5) is 59.3. The number of allylic oxidation sites excluding steroid dienone is 1. The summed E-state index contributed by atoms with van der Waals surface area (Å²) in [6.45, 7) is 12.9. The topological polar surface area (TPSA) is 120 Å². The molecule has 1 aliphatic rings. The van der Waals surface area contributed by atoms with Crippen molar-refractivity contribution in [3.63, 3.8) is 0 Å². The fourth-order valence-corrected chi connectivity index (χ4v) is 6.34. The Hall–Kier alpha value is -4.77. The van der Waals surface area contributed by atoms with Crippen molar-refractivity contribution in [3.8, 4) is 0 Å². The van der Waals surface area contributed by atoms with Crippen LogP contribution in [0.2, 0.25) is 0 Å². The zero-order valence-corrected chi connectivity index (χ0v) is 27.7. The van der Waals surface area contributed by atoms with Gasteiger partial charge >= 0.3 is 11.9 Å². The lowest BCUT2D eigenvalue weighted by atomic mass is 9.95. The van der Waals surface area contributed by atoms with Crippen LogP contribution in [0.1, 0.15) is 53.0 Å². The molecule has 46 heavy (non-hydrogen) atoms. The van der Waals surface area contributed by atoms with E-state index < -0.39 is 36.0 Å². The molecule has 1 aliphatic heterocycles. The van der Waals surface area contributed by atoms with Crippen molar-refractivity contribution in [2.45, 2.75) is 72.9 Å². The molecule has 0 unspecified atom stereocenters. The number of aryl methyl sites for hydroxylation is 2. The first-order valence-corrected chi connectivity index (χ1v) is 15.9. The molecule has 0 bridgehead atoms. The molecule has 3 heterocycles. The van der Waals surface area contributed by atoms with Gasteiger partial charge in [0, 0.05) is 36.7 Å². The highest BCUT2D eigenvalue weighted by atomic mass is 32.1. The van der Waals surface area contributed by atoms with E-state index in [1.54, 1.807) is 11.0 Å². The third-order valence-electron chi connectivity index (χ3n) is 7.50. The summed E-state index contributed by atoms with van der Waals surface area (Å²) < 4.78 is 12.8. The van der Waals surface area contributed by atoms with Gasteiger partial charge in [-0.15, -0.1) is 17.9 Å². The van der Waals surface area contributed by atoms with Gasteiger partial charge < -0.3 is 24.3 Å². The molecular weight excluding hydrogens is 604 g/mol. The van der Waals surface area contributed by atoms with Gasteiger partial charge in [0.1, 0.15) is 5.82 Å². The normalized spacial score (nSPS) is 13.5. The van der Waals surface area contributed by atoms with Crippen molar-refractivity contribution in [3.05, 3.63) is 99.5 Å². The first kappa shape index (κ1) is 34.1. The molecule has 4 aromatic rings. The summed E-state index contributed by atoms with van der Waals surface area (Å²) >= 11 is 1.53. The number of fused-ring (bicyclic) bond motifs is 2. The van der Waals surface area contributed by atoms with Gasteiger partial charge in [0.05, 0.1) is 24.1 Å². The molecule has 0 aliphatic carbocycles. The molecule has 2 aromatic carbocycles. The molecule has 0 saturated heterocycles. The van der Waals surface area contributed by atoms with Gasteiger partial charge in [-0.3, -0.25) is 19.2 Å². The smallest absolute Gasteiger partial charge is 0.303 e. The summed E-state index contributed by atoms with van der Waals surface area (Å²) in [6, 6.07) is 17.8. The lowest BCUT2D eigenvalue weighted by molar-refractivity contribution is -0.178. The zero-order valence-electron chi connectivity index (χ0n) is 26.9. The molecule has 2 atom stereocenters. The van der Waals surface area contributed by atoms with E-state index >= 15 is 0 Å². The zero-order chi connectivity index (χ0) is 33.4. The number of imidazole rings is 1. The number of para-hydroxylation sites is 2. The maximum Gasteiger partial charge on any atom is 0.303 e. The van der Waals surface area contributed by atoms with Crippen LogP contribution in [-0.2, 0) is 54.7 Å². The van der Waals surface area contributed by atoms with E-state index in [9.17, 15) is 19.2 Å². The molecule has 0 spiro atoms. The Kier molecular flexibility index (Phi) is 11.5. The number of nitrogens with one attached hydrogen (secondary N) is 1. The molecule has 242 valence electrons. The molecule has 1 N–H and O–H groups in total. The number of esters is 2. The minimum Gasteiger partial charge on any atom is -0.448 e. The average molecular weight is 645 g/mol. The van der Waals surface area contributed by atoms with E-state index in [-0.39, 0.29) is 6.54 Å². The van der Waals surface area contributed by atoms with Crippen LogP contribution >= 0.6 is 11.3 Å². The van der Waals surface area contributed by atoms with Gasteiger partial charge in [-0.2, -0.15) is 0 Å². The summed E-state index contributed by atoms with van der Waals surface area (Å²) in [6.07, 6.45) is -0.898. The highest BCUT2D eigenvalue weighted by molar-refractivity contribution is 7.12. The van der Waals surface area contributed by atoms with E-state index in [1.807, 2.05) is 75.4 Å². The van der Waals surface area contributed by atoms with E-state index in [4.69, 9.17) is 9.47 Å². The molecule has 5 rings (SSSR count). The number of nitrogens with zero attached hydrogens (tertiary/aromatic N) is 3. The Morgan fingerprint density at radius 2 is 1.65 bits per heavy atom. The maximum atomic E-state index is 13.7. The Bertz CT molecular complexity index is 1740. The fourth-order valence-electron chi connectivity index (χ4n) is 5.40. The van der Waals surface area contributed by atoms with Crippen molar-refractivity contribution in [1.29, 1.82) is 0 Å². The van der Waals surface area contributed by atoms with Crippen molar-refractivity contribution in [1.82, 2.24) is 19.8 Å². The molecule has 2 aromatic heterocycles. The molecular formula is C35H40N4O6S. The number of aromatic nitrogens is 2. The number of benzene rings is 2. The monoisotopic (exact) mass is 644 g/mol. The van der Waals surface area contributed by atoms with Crippen LogP contribution in [0.5, 0.6) is 0 Å². The first-order valence-electron chi connectivity index (χ1n) is 15.1. The van der Waals surface area contributed by atoms with Gasteiger partial charge in [0.2, 0.25) is 12.2 Å². The molecule has 0 radical (unpaired) electrons. The van der Waals surface area contributed by atoms with Crippen LogP contribution in [0.3, 0.4) is 0 Å². The van der Waals surface area contributed by atoms with Gasteiger partial charge in [-0.25, -0.2) is 4.98 Å². The second-order valence-electron chi connectivity index (χ2n) is 11.0. The Morgan fingerprint density at radius 1 is 0.978 bits per heavy atom. The minimum atomic E-state index is -1.65. The van der Waals surface area contributed by atoms with Crippen molar-refractivity contribution in [2.75, 3.05) is 6.54 Å². The van der Waals surface area contributed by atoms with Gasteiger partial charge in [0.25, 0.3) is 11.8 Å². The van der Waals surface area contributed by atoms with Gasteiger partial charge in [-0.05, 0) is 68.1 Å². The number of carbonyl (C=O) groups is 4. The fraction of sp³-hybridized carbons (Fsp3) is 0.343. The predicted molar refractivity (Wildman–Crippen MR) is 177 cm³/mol. The highest BCUT2D eigenvalue weighted by Gasteiger charge is 2.42. The Morgan fingerprint density at radius 3 is 2.37 bits per heavy atom. The van der Waals surface area contributed by atoms with Crippen LogP contribution in [0.15, 0.2) is 67.3 Å². The van der Waals surface area contributed by atoms with E-state index in [1.165, 1.54) is 11.3 Å². The van der Waals surface area contributed by atoms with E-state index in [2.05, 4.69) is 21.4 Å². The SMILES string of the molecule is C=CC.CC(=O)O[C@@H](C(=O)NCc1ccc(Cn2c(C)nc3ccccc32)s1)[C@@H](OC(C)=O)C(=O)N1CCc2cccc(C)c2C1. The van der Waals surface area contributed by atoms with Crippen LogP contribution < -0.4 is 5.32 Å². The number of ether oxygens (including phenoxy) is 2. The molecule has 0 fully saturated rings. The Balaban J connectivity index is 0.00000154. The number of hydrogen-bond donors (Lipinski definition) is 1. The minimum absolute atomic E-state index is 0.141. The molecule has 2 amide bonds. The van der Waals surface area contributed by atoms with Crippen molar-refractivity contribution >= 4 is 46.1 Å². The van der Waals surface area contributed by atoms with E-state index in [0.29, 0.717) is 26.1 Å². The van der Waals surface area contributed by atoms with Crippen LogP contribution in [-0.4, -0.2) is 57.0 Å². The number of thiophene rings is 1. The molecule has 11 heteroatoms. The lowest BCUT2D eigenvalue weighted by Crippen LogP contribution is -2.54. The van der Waals surface area contributed by atoms with Gasteiger partial charge in [0.15, 0.2) is 0 Å². The van der Waals surface area contributed by atoms with Crippen LogP contribution in [0, 0.1) is 13.8 Å². The summed E-state index contributed by atoms with van der Waals surface area (Å²) in [7, 11) is 0. The third kappa shape index (κ3) is 8.28. The third-order valence-corrected chi connectivity index (χ3v) is 8.57. The quantitative estimate of drug-likeness (QED) is 0.201. The number of rotatable bonds is 9. The number of hydrogen-bond acceptors (Lipinski definition) is 8. The largest absolute Gasteiger partial charge is 0.448 e. The number of amides is 2. The lowest BCUT2D eigenvalue weighted by Gasteiger charge is -2.34. The molecule has 10 nitrogen and oxygen atoms in total. The molecule has 0 saturated carbocycles. The first-order chi connectivity index (χ1) is 22.0. The van der Waals surface area contributed by atoms with E-state index in [0.717, 1.165) is 57.1 Å². The second-order valence-corrected chi connectivity index (χ2v) is 12.3. The average Bonchev–Trinajstić information content (AvgIpc) is 3.61. The van der Waals surface area contributed by atoms with Crippen LogP contribution in [0.4, 0.5) is 0 Å². The number of carbonyl (C=O) groups excluding carboxylic acids is 4. The second kappa shape index (κ2) is 15.5. The Labute approximate surface area is 273 Å². The maximum absolute atomic E-state index is 13.7. The summed E-state index contributed by atoms with van der Waals surface area (Å²) in [5.74, 6) is -1.95. The summed E-state index contributed by atoms with van der Waals surface area (Å²) in [5, 5.41) is 2.77. The van der Waals surface area contributed by atoms with Crippen molar-refractivity contribution < 1.29 is 28.7 Å². The highest BCUT2D eigenvalue weighted by Crippen LogP contribution is 2.25. The van der Waals surface area contributed by atoms with Crippen LogP contribution in [0.25, 0.3) is 11.0 Å². The van der Waals surface area contributed by atoms with Gasteiger partial charge in [-0.1, -0.05) is 36.4 Å². The summed E-state index contributed by atoms with van der Waals surface area (Å²) in [5.41, 5.74) is 5.18. The predicted octanol–water partition coefficient (Wildman–Crippen LogP) is 5.02.